The Labute approximate surface area is 233 Å². The van der Waals surface area contributed by atoms with Crippen molar-refractivity contribution in [2.24, 2.45) is 5.73 Å². The fourth-order valence-corrected chi connectivity index (χ4v) is 4.26. The number of carbonyl (C=O) groups excluding carboxylic acids is 3. The summed E-state index contributed by atoms with van der Waals surface area (Å²) >= 11 is 4.11. The maximum Gasteiger partial charge on any atom is 0.326 e. The largest absolute Gasteiger partial charge is 0.481 e. The van der Waals surface area contributed by atoms with Gasteiger partial charge in [0, 0.05) is 54.0 Å². The number of imidazole rings is 1. The minimum atomic E-state index is -1.48. The Morgan fingerprint density at radius 1 is 0.925 bits per heavy atom. The quantitative estimate of drug-likeness (QED) is 0.105. The molecule has 0 saturated carbocycles. The Morgan fingerprint density at radius 2 is 1.60 bits per heavy atom. The van der Waals surface area contributed by atoms with Crippen LogP contribution in [0.1, 0.15) is 24.1 Å². The predicted molar refractivity (Wildman–Crippen MR) is 146 cm³/mol. The third kappa shape index (κ3) is 8.31. The van der Waals surface area contributed by atoms with Crippen LogP contribution >= 0.6 is 12.6 Å². The molecular formula is C25H31N7O7S. The molecule has 1 aromatic carbocycles. The zero-order valence-corrected chi connectivity index (χ0v) is 22.2. The van der Waals surface area contributed by atoms with Crippen LogP contribution in [0.3, 0.4) is 0 Å². The van der Waals surface area contributed by atoms with Crippen molar-refractivity contribution in [1.82, 2.24) is 30.9 Å². The number of carboxylic acid groups (broad SMARTS) is 2. The van der Waals surface area contributed by atoms with E-state index in [-0.39, 0.29) is 25.0 Å². The fraction of sp³-hybridized carbons (Fsp3) is 0.360. The number of aliphatic carboxylic acids is 2. The van der Waals surface area contributed by atoms with Crippen LogP contribution in [0.5, 0.6) is 0 Å². The van der Waals surface area contributed by atoms with Gasteiger partial charge in [0.1, 0.15) is 18.1 Å². The second kappa shape index (κ2) is 14.1. The molecule has 2 heterocycles. The van der Waals surface area contributed by atoms with Crippen LogP contribution in [0.4, 0.5) is 0 Å². The summed E-state index contributed by atoms with van der Waals surface area (Å²) < 4.78 is 0. The molecule has 3 rings (SSSR count). The number of nitrogens with zero attached hydrogens (tertiary/aromatic N) is 1. The van der Waals surface area contributed by atoms with Crippen molar-refractivity contribution < 1.29 is 34.2 Å². The summed E-state index contributed by atoms with van der Waals surface area (Å²) in [5.74, 6) is -5.04. The number of aromatic nitrogens is 3. The second-order valence-electron chi connectivity index (χ2n) is 9.09. The first-order chi connectivity index (χ1) is 19.1. The summed E-state index contributed by atoms with van der Waals surface area (Å²) in [6.45, 7) is 0. The highest BCUT2D eigenvalue weighted by Gasteiger charge is 2.30. The Bertz CT molecular complexity index is 1340. The number of rotatable bonds is 15. The van der Waals surface area contributed by atoms with E-state index in [2.05, 4.69) is 43.5 Å². The molecule has 4 atom stereocenters. The molecule has 9 N–H and O–H groups in total. The highest BCUT2D eigenvalue weighted by atomic mass is 32.1. The highest BCUT2D eigenvalue weighted by molar-refractivity contribution is 7.80. The molecule has 3 amide bonds. The van der Waals surface area contributed by atoms with Crippen LogP contribution in [0.2, 0.25) is 0 Å². The maximum absolute atomic E-state index is 13.4. The Kier molecular flexibility index (Phi) is 10.7. The summed E-state index contributed by atoms with van der Waals surface area (Å²) in [5, 5.41) is 26.4. The summed E-state index contributed by atoms with van der Waals surface area (Å²) in [7, 11) is 0. The van der Waals surface area contributed by atoms with E-state index in [1.165, 1.54) is 12.5 Å². The number of hydrogen-bond acceptors (Lipinski definition) is 8. The summed E-state index contributed by atoms with van der Waals surface area (Å²) in [4.78, 5) is 71.3. The monoisotopic (exact) mass is 573 g/mol. The lowest BCUT2D eigenvalue weighted by Gasteiger charge is -2.24. The number of aromatic amines is 2. The SMILES string of the molecule is NC(Cc1cnc[nH]1)C(=O)NC(Cc1c[nH]c2ccccc12)C(=O)NC(CS)C(=O)NC(CCC(=O)O)C(=O)O. The molecule has 0 aliphatic rings. The van der Waals surface area contributed by atoms with Crippen molar-refractivity contribution in [1.29, 1.82) is 0 Å². The molecule has 0 aliphatic heterocycles. The number of carboxylic acids is 2. The van der Waals surface area contributed by atoms with Crippen molar-refractivity contribution >= 4 is 53.2 Å². The van der Waals surface area contributed by atoms with Gasteiger partial charge in [-0.05, 0) is 18.1 Å². The van der Waals surface area contributed by atoms with E-state index in [0.717, 1.165) is 16.5 Å². The summed E-state index contributed by atoms with van der Waals surface area (Å²) in [6.07, 6.45) is 4.05. The van der Waals surface area contributed by atoms with E-state index in [9.17, 15) is 29.1 Å². The minimum absolute atomic E-state index is 0.0512. The van der Waals surface area contributed by atoms with Crippen molar-refractivity contribution in [2.45, 2.75) is 49.9 Å². The topological polar surface area (TPSA) is 232 Å². The molecule has 214 valence electrons. The Morgan fingerprint density at radius 3 is 2.25 bits per heavy atom. The van der Waals surface area contributed by atoms with Gasteiger partial charge in [0.2, 0.25) is 17.7 Å². The normalized spacial score (nSPS) is 14.1. The van der Waals surface area contributed by atoms with Gasteiger partial charge < -0.3 is 41.9 Å². The van der Waals surface area contributed by atoms with Gasteiger partial charge in [-0.25, -0.2) is 9.78 Å². The van der Waals surface area contributed by atoms with Crippen LogP contribution in [0.25, 0.3) is 10.9 Å². The van der Waals surface area contributed by atoms with Crippen molar-refractivity contribution in [3.8, 4) is 0 Å². The molecule has 2 aromatic heterocycles. The first-order valence-electron chi connectivity index (χ1n) is 12.3. The Hall–Kier alpha value is -4.37. The lowest BCUT2D eigenvalue weighted by molar-refractivity contribution is -0.143. The lowest BCUT2D eigenvalue weighted by Crippen LogP contribution is -2.58. The van der Waals surface area contributed by atoms with E-state index in [1.54, 1.807) is 6.20 Å². The first-order valence-corrected chi connectivity index (χ1v) is 13.0. The van der Waals surface area contributed by atoms with Crippen molar-refractivity contribution in [2.75, 3.05) is 5.75 Å². The van der Waals surface area contributed by atoms with Gasteiger partial charge in [0.05, 0.1) is 12.4 Å². The van der Waals surface area contributed by atoms with Gasteiger partial charge in [0.15, 0.2) is 0 Å². The van der Waals surface area contributed by atoms with Gasteiger partial charge in [-0.2, -0.15) is 12.6 Å². The van der Waals surface area contributed by atoms with Crippen LogP contribution < -0.4 is 21.7 Å². The first kappa shape index (κ1) is 30.2. The van der Waals surface area contributed by atoms with Crippen LogP contribution in [0, 0.1) is 0 Å². The molecule has 4 unspecified atom stereocenters. The van der Waals surface area contributed by atoms with Crippen LogP contribution in [0.15, 0.2) is 43.0 Å². The van der Waals surface area contributed by atoms with Gasteiger partial charge >= 0.3 is 11.9 Å². The van der Waals surface area contributed by atoms with E-state index < -0.39 is 60.2 Å². The molecule has 0 spiro atoms. The summed E-state index contributed by atoms with van der Waals surface area (Å²) in [5.41, 5.74) is 8.24. The number of thiol groups is 1. The maximum atomic E-state index is 13.4. The molecule has 3 aromatic rings. The van der Waals surface area contributed by atoms with Gasteiger partial charge in [-0.3, -0.25) is 19.2 Å². The molecule has 0 fully saturated rings. The van der Waals surface area contributed by atoms with Gasteiger partial charge in [-0.15, -0.1) is 0 Å². The van der Waals surface area contributed by atoms with Gasteiger partial charge in [-0.1, -0.05) is 18.2 Å². The van der Waals surface area contributed by atoms with E-state index in [1.807, 2.05) is 24.3 Å². The van der Waals surface area contributed by atoms with Crippen molar-refractivity contribution in [3.05, 3.63) is 54.2 Å². The zero-order chi connectivity index (χ0) is 29.2. The number of nitrogens with one attached hydrogen (secondary N) is 5. The number of benzene rings is 1. The molecular weight excluding hydrogens is 542 g/mol. The number of para-hydroxylation sites is 1. The van der Waals surface area contributed by atoms with E-state index in [4.69, 9.17) is 10.8 Å². The number of hydrogen-bond donors (Lipinski definition) is 9. The standard InChI is InChI=1S/C25H31N7O7S/c26-16(8-14-10-27-12-29-14)22(35)31-19(7-13-9-28-17-4-2-1-3-15(13)17)23(36)32-20(11-40)24(37)30-18(25(38)39)5-6-21(33)34/h1-4,9-10,12,16,18-20,28,40H,5-8,11,26H2,(H,27,29)(H,30,37)(H,31,35)(H,32,36)(H,33,34)(H,38,39). The fourth-order valence-electron chi connectivity index (χ4n) is 4.00. The van der Waals surface area contributed by atoms with Crippen molar-refractivity contribution in [3.63, 3.8) is 0 Å². The number of carbonyl (C=O) groups is 5. The minimum Gasteiger partial charge on any atom is -0.481 e. The number of fused-ring (bicyclic) bond motifs is 1. The van der Waals surface area contributed by atoms with E-state index in [0.29, 0.717) is 5.69 Å². The molecule has 0 radical (unpaired) electrons. The predicted octanol–water partition coefficient (Wildman–Crippen LogP) is -0.663. The van der Waals surface area contributed by atoms with E-state index >= 15 is 0 Å². The average Bonchev–Trinajstić information content (AvgIpc) is 3.58. The van der Waals surface area contributed by atoms with Crippen LogP contribution in [-0.2, 0) is 36.8 Å². The zero-order valence-electron chi connectivity index (χ0n) is 21.3. The molecule has 14 nitrogen and oxygen atoms in total. The third-order valence-electron chi connectivity index (χ3n) is 6.14. The molecule has 40 heavy (non-hydrogen) atoms. The second-order valence-corrected chi connectivity index (χ2v) is 9.45. The average molecular weight is 574 g/mol. The summed E-state index contributed by atoms with van der Waals surface area (Å²) in [6, 6.07) is 2.48. The Balaban J connectivity index is 1.76. The number of nitrogens with two attached hydrogens (primary N) is 1. The van der Waals surface area contributed by atoms with Gasteiger partial charge in [0.25, 0.3) is 0 Å². The third-order valence-corrected chi connectivity index (χ3v) is 6.51. The molecule has 0 aliphatic carbocycles. The van der Waals surface area contributed by atoms with Crippen LogP contribution in [-0.4, -0.2) is 84.7 Å². The highest BCUT2D eigenvalue weighted by Crippen LogP contribution is 2.19. The molecule has 0 saturated heterocycles. The smallest absolute Gasteiger partial charge is 0.326 e. The number of amides is 3. The molecule has 15 heteroatoms. The lowest BCUT2D eigenvalue weighted by atomic mass is 10.0. The number of H-pyrrole nitrogens is 2. The molecule has 0 bridgehead atoms.